The molecule has 0 aliphatic carbocycles. The van der Waals surface area contributed by atoms with Crippen molar-refractivity contribution in [2.75, 3.05) is 13.2 Å². The van der Waals surface area contributed by atoms with Gasteiger partial charge in [-0.05, 0) is 25.5 Å². The Balaban J connectivity index is 2.46. The van der Waals surface area contributed by atoms with Crippen LogP contribution in [-0.2, 0) is 16.0 Å². The Morgan fingerprint density at radius 1 is 1.61 bits per heavy atom. The number of phenolic OH excluding ortho intramolecular Hbond substituents is 1. The van der Waals surface area contributed by atoms with Gasteiger partial charge in [0.25, 0.3) is 0 Å². The summed E-state index contributed by atoms with van der Waals surface area (Å²) in [5.74, 6) is -0.212. The predicted octanol–water partition coefficient (Wildman–Crippen LogP) is 1.23. The first-order chi connectivity index (χ1) is 8.56. The summed E-state index contributed by atoms with van der Waals surface area (Å²) >= 11 is 0. The highest BCUT2D eigenvalue weighted by molar-refractivity contribution is 5.79. The summed E-state index contributed by atoms with van der Waals surface area (Å²) < 4.78 is 10.2. The van der Waals surface area contributed by atoms with E-state index in [2.05, 4.69) is 0 Å². The van der Waals surface area contributed by atoms with E-state index in [1.807, 2.05) is 0 Å². The Labute approximate surface area is 105 Å². The first kappa shape index (κ1) is 12.7. The fourth-order valence-electron chi connectivity index (χ4n) is 2.12. The second-order valence-electron chi connectivity index (χ2n) is 4.19. The van der Waals surface area contributed by atoms with E-state index in [1.165, 1.54) is 0 Å². The Bertz CT molecular complexity index is 481. The number of hydrogen-bond acceptors (Lipinski definition) is 5. The van der Waals surface area contributed by atoms with E-state index in [0.717, 1.165) is 0 Å². The first-order valence-electron chi connectivity index (χ1n) is 5.89. The molecular weight excluding hydrogens is 236 g/mol. The Hall–Kier alpha value is -1.75. The van der Waals surface area contributed by atoms with E-state index in [0.29, 0.717) is 29.9 Å². The molecule has 2 rings (SSSR count). The second kappa shape index (κ2) is 4.86. The molecule has 1 atom stereocenters. The summed E-state index contributed by atoms with van der Waals surface area (Å²) in [6, 6.07) is 1.71. The van der Waals surface area contributed by atoms with Crippen LogP contribution in [0.15, 0.2) is 6.07 Å². The largest absolute Gasteiger partial charge is 0.507 e. The average molecular weight is 252 g/mol. The fourth-order valence-corrected chi connectivity index (χ4v) is 2.12. The highest BCUT2D eigenvalue weighted by Crippen LogP contribution is 2.40. The van der Waals surface area contributed by atoms with Gasteiger partial charge in [0.15, 0.2) is 6.10 Å². The van der Waals surface area contributed by atoms with Crippen LogP contribution in [0.25, 0.3) is 0 Å². The van der Waals surface area contributed by atoms with Crippen LogP contribution >= 0.6 is 0 Å². The van der Waals surface area contributed by atoms with Gasteiger partial charge in [-0.2, -0.15) is 0 Å². The number of rotatable bonds is 3. The molecule has 1 aromatic rings. The lowest BCUT2D eigenvalue weighted by Crippen LogP contribution is -2.17. The number of hydrogen-bond donors (Lipinski definition) is 2. The molecule has 1 aliphatic rings. The van der Waals surface area contributed by atoms with Gasteiger partial charge in [0.1, 0.15) is 11.5 Å². The highest BCUT2D eigenvalue weighted by Gasteiger charge is 2.30. The molecule has 98 valence electrons. The second-order valence-corrected chi connectivity index (χ2v) is 4.19. The summed E-state index contributed by atoms with van der Waals surface area (Å²) in [6.45, 7) is 4.02. The number of benzene rings is 1. The standard InChI is InChI=1S/C13H16O5/c1-3-17-13(16)12(15)10-8-4-5-18-9(8)6-7(2)11(10)14/h6,12,14-15H,3-5H2,1-2H3. The fraction of sp³-hybridized carbons (Fsp3) is 0.462. The van der Waals surface area contributed by atoms with Crippen LogP contribution in [0.4, 0.5) is 0 Å². The molecule has 5 heteroatoms. The Morgan fingerprint density at radius 2 is 2.33 bits per heavy atom. The molecule has 0 amide bonds. The minimum Gasteiger partial charge on any atom is -0.507 e. The number of aryl methyl sites for hydroxylation is 1. The van der Waals surface area contributed by atoms with Crippen molar-refractivity contribution in [3.63, 3.8) is 0 Å². The van der Waals surface area contributed by atoms with Crippen molar-refractivity contribution in [3.05, 3.63) is 22.8 Å². The van der Waals surface area contributed by atoms with Gasteiger partial charge in [-0.15, -0.1) is 0 Å². The van der Waals surface area contributed by atoms with Gasteiger partial charge < -0.3 is 19.7 Å². The lowest BCUT2D eigenvalue weighted by atomic mass is 9.96. The molecule has 2 N–H and O–H groups in total. The number of aliphatic hydroxyl groups excluding tert-OH is 1. The van der Waals surface area contributed by atoms with E-state index in [9.17, 15) is 15.0 Å². The molecular formula is C13H16O5. The maximum Gasteiger partial charge on any atom is 0.339 e. The van der Waals surface area contributed by atoms with E-state index < -0.39 is 12.1 Å². The molecule has 0 saturated carbocycles. The number of aromatic hydroxyl groups is 1. The van der Waals surface area contributed by atoms with Crippen LogP contribution in [0.3, 0.4) is 0 Å². The molecule has 0 aromatic heterocycles. The van der Waals surface area contributed by atoms with Crippen LogP contribution in [-0.4, -0.2) is 29.4 Å². The van der Waals surface area contributed by atoms with Crippen molar-refractivity contribution in [2.45, 2.75) is 26.4 Å². The quantitative estimate of drug-likeness (QED) is 0.791. The topological polar surface area (TPSA) is 76.0 Å². The molecule has 0 radical (unpaired) electrons. The van der Waals surface area contributed by atoms with Gasteiger partial charge >= 0.3 is 5.97 Å². The molecule has 18 heavy (non-hydrogen) atoms. The molecule has 1 aromatic carbocycles. The van der Waals surface area contributed by atoms with E-state index in [4.69, 9.17) is 9.47 Å². The minimum atomic E-state index is -1.47. The zero-order chi connectivity index (χ0) is 13.3. The van der Waals surface area contributed by atoms with E-state index >= 15 is 0 Å². The van der Waals surface area contributed by atoms with Gasteiger partial charge in [0.2, 0.25) is 0 Å². The van der Waals surface area contributed by atoms with E-state index in [-0.39, 0.29) is 17.9 Å². The first-order valence-corrected chi connectivity index (χ1v) is 5.89. The van der Waals surface area contributed by atoms with Crippen molar-refractivity contribution in [1.29, 1.82) is 0 Å². The third-order valence-electron chi connectivity index (χ3n) is 2.99. The predicted molar refractivity (Wildman–Crippen MR) is 63.6 cm³/mol. The smallest absolute Gasteiger partial charge is 0.339 e. The monoisotopic (exact) mass is 252 g/mol. The number of carbonyl (C=O) groups is 1. The van der Waals surface area contributed by atoms with E-state index in [1.54, 1.807) is 19.9 Å². The number of phenols is 1. The zero-order valence-electron chi connectivity index (χ0n) is 10.4. The number of aliphatic hydroxyl groups is 1. The normalized spacial score (nSPS) is 14.8. The molecule has 5 nitrogen and oxygen atoms in total. The van der Waals surface area contributed by atoms with Gasteiger partial charge in [0, 0.05) is 17.5 Å². The average Bonchev–Trinajstić information content (AvgIpc) is 2.77. The molecule has 0 bridgehead atoms. The van der Waals surface area contributed by atoms with Crippen molar-refractivity contribution in [2.24, 2.45) is 0 Å². The Morgan fingerprint density at radius 3 is 3.00 bits per heavy atom. The number of esters is 1. The SMILES string of the molecule is CCOC(=O)C(O)c1c(O)c(C)cc2c1CCO2. The van der Waals surface area contributed by atoms with Gasteiger partial charge in [0.05, 0.1) is 13.2 Å². The molecule has 0 fully saturated rings. The summed E-state index contributed by atoms with van der Waals surface area (Å²) in [7, 11) is 0. The molecule has 1 aliphatic heterocycles. The molecule has 1 heterocycles. The highest BCUT2D eigenvalue weighted by atomic mass is 16.5. The van der Waals surface area contributed by atoms with Crippen molar-refractivity contribution < 1.29 is 24.5 Å². The summed E-state index contributed by atoms with van der Waals surface area (Å²) in [6.07, 6.45) is -0.907. The number of ether oxygens (including phenoxy) is 2. The number of carbonyl (C=O) groups excluding carboxylic acids is 1. The maximum atomic E-state index is 11.6. The lowest BCUT2D eigenvalue weighted by Gasteiger charge is -2.16. The maximum absolute atomic E-state index is 11.6. The molecule has 0 spiro atoms. The summed E-state index contributed by atoms with van der Waals surface area (Å²) in [5, 5.41) is 20.0. The van der Waals surface area contributed by atoms with Crippen LogP contribution in [0, 0.1) is 6.92 Å². The molecule has 1 unspecified atom stereocenters. The van der Waals surface area contributed by atoms with Crippen LogP contribution in [0.1, 0.15) is 29.7 Å². The third kappa shape index (κ3) is 2.01. The third-order valence-corrected chi connectivity index (χ3v) is 2.99. The minimum absolute atomic E-state index is 0.0696. The molecule has 0 saturated heterocycles. The van der Waals surface area contributed by atoms with Crippen LogP contribution in [0.5, 0.6) is 11.5 Å². The summed E-state index contributed by atoms with van der Waals surface area (Å²) in [4.78, 5) is 11.6. The van der Waals surface area contributed by atoms with Gasteiger partial charge in [-0.1, -0.05) is 0 Å². The van der Waals surface area contributed by atoms with Crippen molar-refractivity contribution in [1.82, 2.24) is 0 Å². The van der Waals surface area contributed by atoms with Crippen molar-refractivity contribution >= 4 is 5.97 Å². The van der Waals surface area contributed by atoms with Gasteiger partial charge in [-0.3, -0.25) is 0 Å². The van der Waals surface area contributed by atoms with Gasteiger partial charge in [-0.25, -0.2) is 4.79 Å². The number of fused-ring (bicyclic) bond motifs is 1. The van der Waals surface area contributed by atoms with Crippen molar-refractivity contribution in [3.8, 4) is 11.5 Å². The summed E-state index contributed by atoms with van der Waals surface area (Å²) in [5.41, 5.74) is 1.45. The lowest BCUT2D eigenvalue weighted by molar-refractivity contribution is -0.153. The van der Waals surface area contributed by atoms with Crippen LogP contribution in [0.2, 0.25) is 0 Å². The zero-order valence-corrected chi connectivity index (χ0v) is 10.4. The Kier molecular flexibility index (Phi) is 3.43. The van der Waals surface area contributed by atoms with Crippen LogP contribution < -0.4 is 4.74 Å².